The first-order valence-electron chi connectivity index (χ1n) is 4.73. The fraction of sp³-hybridized carbons (Fsp3) is 0.364. The molecular formula is C11H13NO4. The molecule has 0 atom stereocenters. The summed E-state index contributed by atoms with van der Waals surface area (Å²) in [5, 5.41) is 2.58. The molecule has 1 heterocycles. The summed E-state index contributed by atoms with van der Waals surface area (Å²) in [6.07, 6.45) is 4.54. The van der Waals surface area contributed by atoms with E-state index in [9.17, 15) is 9.59 Å². The third-order valence-corrected chi connectivity index (χ3v) is 1.55. The van der Waals surface area contributed by atoms with Crippen LogP contribution in [0.3, 0.4) is 0 Å². The van der Waals surface area contributed by atoms with E-state index in [2.05, 4.69) is 10.2 Å². The summed E-state index contributed by atoms with van der Waals surface area (Å²) in [4.78, 5) is 31.5. The number of rotatable bonds is 2. The number of carbonyl (C=O) groups excluding carboxylic acids is 2. The van der Waals surface area contributed by atoms with Gasteiger partial charge in [-0.1, -0.05) is 0 Å². The lowest BCUT2D eigenvalue weighted by Gasteiger charge is -2.17. The van der Waals surface area contributed by atoms with Crippen molar-refractivity contribution in [2.45, 2.75) is 26.4 Å². The molecule has 0 saturated heterocycles. The Morgan fingerprint density at radius 2 is 2.12 bits per heavy atom. The smallest absolute Gasteiger partial charge is 0.352 e. The molecule has 0 bridgehead atoms. The van der Waals surface area contributed by atoms with Gasteiger partial charge in [-0.2, -0.15) is 4.89 Å². The normalized spacial score (nSPS) is 14.9. The van der Waals surface area contributed by atoms with Gasteiger partial charge in [-0.15, -0.1) is 0 Å². The maximum Gasteiger partial charge on any atom is 0.375 e. The van der Waals surface area contributed by atoms with E-state index in [0.717, 1.165) is 0 Å². The van der Waals surface area contributed by atoms with E-state index in [1.807, 2.05) is 0 Å². The summed E-state index contributed by atoms with van der Waals surface area (Å²) in [5.74, 6) is 0.880. The van der Waals surface area contributed by atoms with Crippen molar-refractivity contribution >= 4 is 11.9 Å². The highest BCUT2D eigenvalue weighted by molar-refractivity contribution is 5.96. The van der Waals surface area contributed by atoms with Gasteiger partial charge in [0.15, 0.2) is 5.94 Å². The van der Waals surface area contributed by atoms with Gasteiger partial charge in [0.25, 0.3) is 0 Å². The molecule has 5 heteroatoms. The van der Waals surface area contributed by atoms with Crippen LogP contribution in [0.25, 0.3) is 0 Å². The minimum absolute atomic E-state index is 0.0324. The lowest BCUT2D eigenvalue weighted by atomic mass is 10.1. The zero-order valence-corrected chi connectivity index (χ0v) is 9.37. The summed E-state index contributed by atoms with van der Waals surface area (Å²) in [6, 6.07) is 0. The minimum Gasteiger partial charge on any atom is -0.352 e. The van der Waals surface area contributed by atoms with Crippen LogP contribution < -0.4 is 5.32 Å². The fourth-order valence-corrected chi connectivity index (χ4v) is 0.899. The second-order valence-electron chi connectivity index (χ2n) is 4.13. The fourth-order valence-electron chi connectivity index (χ4n) is 0.899. The van der Waals surface area contributed by atoms with Crippen molar-refractivity contribution in [3.8, 4) is 0 Å². The van der Waals surface area contributed by atoms with Crippen molar-refractivity contribution < 1.29 is 19.4 Å². The van der Waals surface area contributed by atoms with E-state index < -0.39 is 11.6 Å². The summed E-state index contributed by atoms with van der Waals surface area (Å²) < 4.78 is 0. The Bertz CT molecular complexity index is 395. The largest absolute Gasteiger partial charge is 0.375 e. The number of nitrogens with one attached hydrogen (secondary N) is 1. The Labute approximate surface area is 93.3 Å². The molecule has 0 aromatic heterocycles. The monoisotopic (exact) mass is 223 g/mol. The Hall–Kier alpha value is -1.84. The quantitative estimate of drug-likeness (QED) is 0.430. The zero-order chi connectivity index (χ0) is 12.2. The maximum atomic E-state index is 11.5. The summed E-state index contributed by atoms with van der Waals surface area (Å²) >= 11 is 0. The van der Waals surface area contributed by atoms with E-state index in [1.54, 1.807) is 32.8 Å². The highest BCUT2D eigenvalue weighted by Gasteiger charge is 2.22. The van der Waals surface area contributed by atoms with E-state index in [4.69, 9.17) is 4.89 Å². The zero-order valence-electron chi connectivity index (χ0n) is 9.37. The lowest BCUT2D eigenvalue weighted by Crippen LogP contribution is -2.25. The average molecular weight is 223 g/mol. The first-order valence-corrected chi connectivity index (χ1v) is 4.73. The molecule has 5 nitrogen and oxygen atoms in total. The first kappa shape index (κ1) is 12.2. The van der Waals surface area contributed by atoms with Crippen LogP contribution in [0.1, 0.15) is 20.8 Å². The van der Waals surface area contributed by atoms with Crippen molar-refractivity contribution in [2.24, 2.45) is 0 Å². The van der Waals surface area contributed by atoms with Gasteiger partial charge in [0, 0.05) is 6.20 Å². The van der Waals surface area contributed by atoms with Gasteiger partial charge in [0.05, 0.1) is 5.57 Å². The Balaban J connectivity index is 2.70. The van der Waals surface area contributed by atoms with Crippen LogP contribution in [-0.2, 0) is 19.4 Å². The summed E-state index contributed by atoms with van der Waals surface area (Å²) in [7, 11) is 0. The molecule has 0 aromatic carbocycles. The van der Waals surface area contributed by atoms with E-state index in [0.29, 0.717) is 0 Å². The highest BCUT2D eigenvalue weighted by Crippen LogP contribution is 2.14. The number of carbonyl (C=O) groups is 1. The molecule has 0 aliphatic carbocycles. The number of hydrogen-bond donors (Lipinski definition) is 1. The Morgan fingerprint density at radius 3 is 2.69 bits per heavy atom. The van der Waals surface area contributed by atoms with Crippen LogP contribution in [-0.4, -0.2) is 17.5 Å². The summed E-state index contributed by atoms with van der Waals surface area (Å²) in [6.45, 7) is 5.22. The van der Waals surface area contributed by atoms with Crippen molar-refractivity contribution in [1.29, 1.82) is 0 Å². The molecule has 0 saturated carbocycles. The van der Waals surface area contributed by atoms with Gasteiger partial charge in [-0.3, -0.25) is 4.89 Å². The van der Waals surface area contributed by atoms with Crippen LogP contribution in [0.2, 0.25) is 0 Å². The number of allylic oxidation sites excluding steroid dienone is 2. The topological polar surface area (TPSA) is 64.6 Å². The maximum absolute atomic E-state index is 11.5. The molecule has 0 aromatic rings. The van der Waals surface area contributed by atoms with Crippen LogP contribution in [0.15, 0.2) is 29.6 Å². The van der Waals surface area contributed by atoms with Crippen molar-refractivity contribution in [1.82, 2.24) is 5.32 Å². The van der Waals surface area contributed by atoms with Gasteiger partial charge in [-0.05, 0) is 32.9 Å². The van der Waals surface area contributed by atoms with Crippen molar-refractivity contribution in [2.75, 3.05) is 0 Å². The molecule has 1 rings (SSSR count). The molecule has 1 aliphatic heterocycles. The average Bonchev–Trinajstić information content (AvgIpc) is 2.25. The number of hydrogen-bond acceptors (Lipinski definition) is 5. The third kappa shape index (κ3) is 3.38. The van der Waals surface area contributed by atoms with Gasteiger partial charge < -0.3 is 5.32 Å². The second kappa shape index (κ2) is 4.79. The summed E-state index contributed by atoms with van der Waals surface area (Å²) in [5.41, 5.74) is -0.481. The molecule has 0 unspecified atom stereocenters. The van der Waals surface area contributed by atoms with E-state index in [1.165, 1.54) is 12.3 Å². The molecule has 1 aliphatic rings. The van der Waals surface area contributed by atoms with Gasteiger partial charge in [-0.25, -0.2) is 9.59 Å². The molecule has 86 valence electrons. The SMILES string of the molecule is CC(C)(C)OOC(=O)C1=CC=CNC1=C=O. The molecule has 0 radical (unpaired) electrons. The van der Waals surface area contributed by atoms with Gasteiger partial charge in [0.2, 0.25) is 0 Å². The molecule has 0 fully saturated rings. The van der Waals surface area contributed by atoms with Crippen molar-refractivity contribution in [3.05, 3.63) is 29.6 Å². The predicted octanol–water partition coefficient (Wildman–Crippen LogP) is 1.02. The number of dihydropyridines is 1. The second-order valence-corrected chi connectivity index (χ2v) is 4.13. The first-order chi connectivity index (χ1) is 7.44. The van der Waals surface area contributed by atoms with Crippen molar-refractivity contribution in [3.63, 3.8) is 0 Å². The van der Waals surface area contributed by atoms with Gasteiger partial charge in [0.1, 0.15) is 11.3 Å². The third-order valence-electron chi connectivity index (χ3n) is 1.55. The molecular weight excluding hydrogens is 210 g/mol. The minimum atomic E-state index is -0.731. The van der Waals surface area contributed by atoms with Crippen LogP contribution in [0.5, 0.6) is 0 Å². The lowest BCUT2D eigenvalue weighted by molar-refractivity contribution is -0.317. The molecule has 16 heavy (non-hydrogen) atoms. The Kier molecular flexibility index (Phi) is 3.66. The molecule has 0 spiro atoms. The van der Waals surface area contributed by atoms with E-state index in [-0.39, 0.29) is 11.3 Å². The van der Waals surface area contributed by atoms with Gasteiger partial charge >= 0.3 is 5.97 Å². The molecule has 1 N–H and O–H groups in total. The van der Waals surface area contributed by atoms with E-state index >= 15 is 0 Å². The predicted molar refractivity (Wildman–Crippen MR) is 56.5 cm³/mol. The van der Waals surface area contributed by atoms with Crippen LogP contribution in [0, 0.1) is 0 Å². The molecule has 0 amide bonds. The highest BCUT2D eigenvalue weighted by atomic mass is 17.2. The van der Waals surface area contributed by atoms with Crippen LogP contribution in [0.4, 0.5) is 0 Å². The Morgan fingerprint density at radius 1 is 1.44 bits per heavy atom. The van der Waals surface area contributed by atoms with Crippen LogP contribution >= 0.6 is 0 Å². The standard InChI is InChI=1S/C11H13NO4/c1-11(2,3)16-15-10(14)8-5-4-6-12-9(8)7-13/h4-6,12H,1-3H3.